The highest BCUT2D eigenvalue weighted by atomic mass is 16.5. The van der Waals surface area contributed by atoms with Crippen LogP contribution >= 0.6 is 0 Å². The van der Waals surface area contributed by atoms with Crippen LogP contribution in [0.1, 0.15) is 26.7 Å². The van der Waals surface area contributed by atoms with Crippen LogP contribution in [0.15, 0.2) is 36.5 Å². The van der Waals surface area contributed by atoms with Crippen LogP contribution in [0.25, 0.3) is 0 Å². The molecule has 3 rings (SSSR count). The van der Waals surface area contributed by atoms with Crippen LogP contribution in [0.3, 0.4) is 0 Å². The lowest BCUT2D eigenvalue weighted by Crippen LogP contribution is -2.47. The van der Waals surface area contributed by atoms with E-state index < -0.39 is 0 Å². The summed E-state index contributed by atoms with van der Waals surface area (Å²) in [6.45, 7) is 10.2. The topological polar surface area (TPSA) is 44.7 Å². The van der Waals surface area contributed by atoms with E-state index in [1.165, 1.54) is 0 Å². The van der Waals surface area contributed by atoms with E-state index in [2.05, 4.69) is 45.7 Å². The molecular weight excluding hydrogens is 338 g/mol. The summed E-state index contributed by atoms with van der Waals surface area (Å²) in [5.74, 6) is 2.80. The van der Waals surface area contributed by atoms with Crippen molar-refractivity contribution < 1.29 is 4.74 Å². The van der Waals surface area contributed by atoms with Gasteiger partial charge in [0.2, 0.25) is 5.95 Å². The Hall–Kier alpha value is -2.50. The van der Waals surface area contributed by atoms with Gasteiger partial charge in [-0.05, 0) is 31.0 Å². The number of anilines is 3. The minimum absolute atomic E-state index is 0.837. The van der Waals surface area contributed by atoms with Crippen molar-refractivity contribution in [2.24, 2.45) is 0 Å². The molecule has 1 aliphatic rings. The van der Waals surface area contributed by atoms with Gasteiger partial charge in [-0.3, -0.25) is 0 Å². The second-order valence-electron chi connectivity index (χ2n) is 6.85. The van der Waals surface area contributed by atoms with E-state index in [9.17, 15) is 0 Å². The van der Waals surface area contributed by atoms with Crippen molar-refractivity contribution in [3.8, 4) is 5.75 Å². The highest BCUT2D eigenvalue weighted by molar-refractivity contribution is 5.59. The lowest BCUT2D eigenvalue weighted by Gasteiger charge is -2.36. The number of rotatable bonds is 8. The average molecular weight is 370 g/mol. The minimum atomic E-state index is 0.837. The maximum Gasteiger partial charge on any atom is 0.227 e. The summed E-state index contributed by atoms with van der Waals surface area (Å²) in [5.41, 5.74) is 1.16. The molecule has 6 heteroatoms. The van der Waals surface area contributed by atoms with E-state index in [-0.39, 0.29) is 0 Å². The van der Waals surface area contributed by atoms with E-state index in [1.807, 2.05) is 24.4 Å². The van der Waals surface area contributed by atoms with Crippen molar-refractivity contribution in [3.05, 3.63) is 36.5 Å². The molecule has 1 aliphatic heterocycles. The third-order valence-corrected chi connectivity index (χ3v) is 4.93. The first-order valence-electron chi connectivity index (χ1n) is 9.97. The van der Waals surface area contributed by atoms with Crippen molar-refractivity contribution in [3.63, 3.8) is 0 Å². The van der Waals surface area contributed by atoms with Gasteiger partial charge in [0.25, 0.3) is 0 Å². The number of hydrogen-bond acceptors (Lipinski definition) is 6. The summed E-state index contributed by atoms with van der Waals surface area (Å²) in [7, 11) is 1.73. The van der Waals surface area contributed by atoms with E-state index in [4.69, 9.17) is 9.72 Å². The molecule has 1 fully saturated rings. The Labute approximate surface area is 162 Å². The quantitative estimate of drug-likeness (QED) is 0.710. The van der Waals surface area contributed by atoms with Gasteiger partial charge >= 0.3 is 0 Å². The molecule has 2 aromatic rings. The number of benzene rings is 1. The van der Waals surface area contributed by atoms with Crippen molar-refractivity contribution in [2.45, 2.75) is 26.7 Å². The van der Waals surface area contributed by atoms with Gasteiger partial charge in [-0.1, -0.05) is 26.0 Å². The van der Waals surface area contributed by atoms with Crippen LogP contribution in [-0.2, 0) is 0 Å². The molecule has 0 spiro atoms. The molecule has 0 N–H and O–H groups in total. The number of hydrogen-bond donors (Lipinski definition) is 0. The van der Waals surface area contributed by atoms with Gasteiger partial charge in [0, 0.05) is 45.5 Å². The third-order valence-electron chi connectivity index (χ3n) is 4.93. The van der Waals surface area contributed by atoms with Gasteiger partial charge < -0.3 is 19.4 Å². The van der Waals surface area contributed by atoms with Gasteiger partial charge in [-0.15, -0.1) is 0 Å². The standard InChI is InChI=1S/C21H31N5O/c1-4-12-25(13-5-2)20-10-11-22-21(23-20)26-16-14-24(15-17-26)18-8-6-7-9-19(18)27-3/h6-11H,4-5,12-17H2,1-3H3. The second kappa shape index (κ2) is 9.44. The maximum absolute atomic E-state index is 5.51. The van der Waals surface area contributed by atoms with Gasteiger partial charge in [0.1, 0.15) is 11.6 Å². The highest BCUT2D eigenvalue weighted by Gasteiger charge is 2.21. The summed E-state index contributed by atoms with van der Waals surface area (Å²) >= 11 is 0. The molecule has 0 amide bonds. The number of piperazine rings is 1. The molecular formula is C21H31N5O. The molecule has 27 heavy (non-hydrogen) atoms. The molecule has 0 saturated carbocycles. The fourth-order valence-electron chi connectivity index (χ4n) is 3.59. The van der Waals surface area contributed by atoms with E-state index in [0.717, 1.165) is 75.3 Å². The van der Waals surface area contributed by atoms with Crippen LogP contribution in [-0.4, -0.2) is 56.3 Å². The second-order valence-corrected chi connectivity index (χ2v) is 6.85. The number of aromatic nitrogens is 2. The zero-order valence-electron chi connectivity index (χ0n) is 16.8. The molecule has 0 unspecified atom stereocenters. The Morgan fingerprint density at radius 2 is 1.63 bits per heavy atom. The highest BCUT2D eigenvalue weighted by Crippen LogP contribution is 2.29. The first-order chi connectivity index (χ1) is 13.3. The zero-order valence-corrected chi connectivity index (χ0v) is 16.8. The monoisotopic (exact) mass is 369 g/mol. The van der Waals surface area contributed by atoms with Crippen molar-refractivity contribution >= 4 is 17.5 Å². The largest absolute Gasteiger partial charge is 0.495 e. The molecule has 1 aromatic heterocycles. The maximum atomic E-state index is 5.51. The van der Waals surface area contributed by atoms with Crippen LogP contribution in [0.5, 0.6) is 5.75 Å². The lowest BCUT2D eigenvalue weighted by molar-refractivity contribution is 0.413. The van der Waals surface area contributed by atoms with E-state index in [0.29, 0.717) is 0 Å². The Bertz CT molecular complexity index is 709. The molecule has 0 radical (unpaired) electrons. The summed E-state index contributed by atoms with van der Waals surface area (Å²) in [4.78, 5) is 16.4. The lowest BCUT2D eigenvalue weighted by atomic mass is 10.2. The smallest absolute Gasteiger partial charge is 0.227 e. The van der Waals surface area contributed by atoms with Gasteiger partial charge in [0.15, 0.2) is 0 Å². The van der Waals surface area contributed by atoms with E-state index in [1.54, 1.807) is 7.11 Å². The number of methoxy groups -OCH3 is 1. The minimum Gasteiger partial charge on any atom is -0.495 e. The predicted molar refractivity (Wildman–Crippen MR) is 112 cm³/mol. The summed E-state index contributed by atoms with van der Waals surface area (Å²) in [5, 5.41) is 0. The van der Waals surface area contributed by atoms with Crippen LogP contribution in [0, 0.1) is 0 Å². The molecule has 0 aliphatic carbocycles. The molecule has 0 atom stereocenters. The number of para-hydroxylation sites is 2. The summed E-state index contributed by atoms with van der Waals surface area (Å²) in [6.07, 6.45) is 4.14. The fraction of sp³-hybridized carbons (Fsp3) is 0.524. The molecule has 146 valence electrons. The summed E-state index contributed by atoms with van der Waals surface area (Å²) in [6, 6.07) is 10.2. The number of nitrogens with zero attached hydrogens (tertiary/aromatic N) is 5. The van der Waals surface area contributed by atoms with Gasteiger partial charge in [-0.25, -0.2) is 4.98 Å². The van der Waals surface area contributed by atoms with Gasteiger partial charge in [0.05, 0.1) is 12.8 Å². The molecule has 1 aromatic carbocycles. The van der Waals surface area contributed by atoms with Crippen molar-refractivity contribution in [2.75, 3.05) is 61.1 Å². The van der Waals surface area contributed by atoms with E-state index >= 15 is 0 Å². The van der Waals surface area contributed by atoms with Crippen LogP contribution in [0.2, 0.25) is 0 Å². The third kappa shape index (κ3) is 4.62. The fourth-order valence-corrected chi connectivity index (χ4v) is 3.59. The molecule has 2 heterocycles. The first kappa shape index (κ1) is 19.3. The van der Waals surface area contributed by atoms with Crippen LogP contribution in [0.4, 0.5) is 17.5 Å². The first-order valence-corrected chi connectivity index (χ1v) is 9.97. The Kier molecular flexibility index (Phi) is 6.74. The SMILES string of the molecule is CCCN(CCC)c1ccnc(N2CCN(c3ccccc3OC)CC2)n1. The zero-order chi connectivity index (χ0) is 19.1. The van der Waals surface area contributed by atoms with Crippen LogP contribution < -0.4 is 19.4 Å². The van der Waals surface area contributed by atoms with Crippen molar-refractivity contribution in [1.82, 2.24) is 9.97 Å². The number of ether oxygens (including phenoxy) is 1. The summed E-state index contributed by atoms with van der Waals surface area (Å²) < 4.78 is 5.51. The molecule has 1 saturated heterocycles. The normalized spacial score (nSPS) is 14.3. The Balaban J connectivity index is 1.68. The predicted octanol–water partition coefficient (Wildman–Crippen LogP) is 3.44. The Morgan fingerprint density at radius 1 is 0.963 bits per heavy atom. The molecule has 6 nitrogen and oxygen atoms in total. The Morgan fingerprint density at radius 3 is 2.30 bits per heavy atom. The molecule has 0 bridgehead atoms. The average Bonchev–Trinajstić information content (AvgIpc) is 2.74. The van der Waals surface area contributed by atoms with Gasteiger partial charge in [-0.2, -0.15) is 4.98 Å². The van der Waals surface area contributed by atoms with Crippen molar-refractivity contribution in [1.29, 1.82) is 0 Å².